The zero-order valence-corrected chi connectivity index (χ0v) is 16.5. The molecule has 1 unspecified atom stereocenters. The van der Waals surface area contributed by atoms with Crippen molar-refractivity contribution < 1.29 is 9.90 Å². The van der Waals surface area contributed by atoms with Gasteiger partial charge < -0.3 is 5.11 Å². The molecule has 1 heterocycles. The maximum atomic E-state index is 12.7. The van der Waals surface area contributed by atoms with Gasteiger partial charge in [-0.15, -0.1) is 11.8 Å². The Hall–Kier alpha value is -0.650. The van der Waals surface area contributed by atoms with E-state index in [1.807, 2.05) is 12.1 Å². The minimum atomic E-state index is -0.217. The third-order valence-electron chi connectivity index (χ3n) is 3.86. The Balaban J connectivity index is 2.44. The van der Waals surface area contributed by atoms with Crippen molar-refractivity contribution in [2.75, 3.05) is 12.3 Å². The van der Waals surface area contributed by atoms with Crippen LogP contribution in [0.5, 0.6) is 5.75 Å². The Morgan fingerprint density at radius 1 is 1.17 bits per heavy atom. The summed E-state index contributed by atoms with van der Waals surface area (Å²) in [4.78, 5) is 12.7. The van der Waals surface area contributed by atoms with Crippen molar-refractivity contribution in [2.45, 2.75) is 57.1 Å². The third-order valence-corrected chi connectivity index (χ3v) is 6.29. The van der Waals surface area contributed by atoms with Gasteiger partial charge in [-0.2, -0.15) is 0 Å². The summed E-state index contributed by atoms with van der Waals surface area (Å²) < 4.78 is 0.132. The Kier molecular flexibility index (Phi) is 5.44. The zero-order valence-electron chi connectivity index (χ0n) is 14.8. The molecule has 1 atom stereocenters. The van der Waals surface area contributed by atoms with Gasteiger partial charge >= 0.3 is 0 Å². The molecule has 1 aliphatic rings. The summed E-state index contributed by atoms with van der Waals surface area (Å²) in [7, 11) is 0. The summed E-state index contributed by atoms with van der Waals surface area (Å²) in [5.41, 5.74) is 1.91. The minimum Gasteiger partial charge on any atom is -0.507 e. The first kappa shape index (κ1) is 18.7. The zero-order chi connectivity index (χ0) is 17.4. The molecule has 1 aromatic carbocycles. The fourth-order valence-electron chi connectivity index (χ4n) is 2.54. The van der Waals surface area contributed by atoms with Crippen LogP contribution in [0.4, 0.5) is 0 Å². The van der Waals surface area contributed by atoms with E-state index in [0.29, 0.717) is 11.3 Å². The fraction of sp³-hybridized carbons (Fsp3) is 0.611. The highest BCUT2D eigenvalue weighted by atomic mass is 32.2. The van der Waals surface area contributed by atoms with E-state index in [1.165, 1.54) is 11.8 Å². The highest BCUT2D eigenvalue weighted by molar-refractivity contribution is 8.25. The number of carbonyl (C=O) groups is 1. The Bertz CT molecular complexity index is 559. The molecular formula is C18H27NO2S2. The molecule has 1 fully saturated rings. The smallest absolute Gasteiger partial charge is 0.221 e. The van der Waals surface area contributed by atoms with Gasteiger partial charge in [-0.3, -0.25) is 10.1 Å². The largest absolute Gasteiger partial charge is 0.507 e. The number of carbonyl (C=O) groups excluding carboxylic acids is 1. The second-order valence-corrected chi connectivity index (χ2v) is 10.6. The van der Waals surface area contributed by atoms with Gasteiger partial charge in [-0.25, -0.2) is 0 Å². The van der Waals surface area contributed by atoms with Crippen LogP contribution in [-0.4, -0.2) is 27.2 Å². The number of hydrogen-bond donors (Lipinski definition) is 2. The van der Waals surface area contributed by atoms with Gasteiger partial charge in [0.25, 0.3) is 0 Å². The standard InChI is InChI=1S/C18H27NO2S2/c1-17(2,3)12-9-11(10-13(14(12)20)18(4,5)6)15(21)23-16-19-7-8-22-16/h9-10,16,19-20H,7-8H2,1-6H3. The van der Waals surface area contributed by atoms with Crippen LogP contribution in [0.25, 0.3) is 0 Å². The van der Waals surface area contributed by atoms with Crippen LogP contribution in [0.2, 0.25) is 0 Å². The number of hydrogen-bond acceptors (Lipinski definition) is 5. The highest BCUT2D eigenvalue weighted by Gasteiger charge is 2.29. The molecule has 1 aromatic rings. The molecule has 0 bridgehead atoms. The maximum Gasteiger partial charge on any atom is 0.221 e. The summed E-state index contributed by atoms with van der Waals surface area (Å²) in [5.74, 6) is 1.36. The maximum absolute atomic E-state index is 12.7. The summed E-state index contributed by atoms with van der Waals surface area (Å²) in [5, 5.41) is 14.1. The number of phenols is 1. The molecular weight excluding hydrogens is 326 g/mol. The molecule has 0 aromatic heterocycles. The van der Waals surface area contributed by atoms with Gasteiger partial charge in [-0.1, -0.05) is 53.3 Å². The molecule has 5 heteroatoms. The third kappa shape index (κ3) is 4.46. The summed E-state index contributed by atoms with van der Waals surface area (Å²) >= 11 is 3.11. The van der Waals surface area contributed by atoms with E-state index < -0.39 is 0 Å². The molecule has 0 aliphatic carbocycles. The van der Waals surface area contributed by atoms with Crippen LogP contribution in [0.1, 0.15) is 63.0 Å². The Labute approximate surface area is 148 Å². The van der Waals surface area contributed by atoms with Crippen LogP contribution in [0.15, 0.2) is 12.1 Å². The van der Waals surface area contributed by atoms with Crippen molar-refractivity contribution in [3.05, 3.63) is 28.8 Å². The fourth-order valence-corrected chi connectivity index (χ4v) is 4.70. The lowest BCUT2D eigenvalue weighted by Gasteiger charge is -2.28. The number of rotatable bonds is 2. The molecule has 0 saturated carbocycles. The predicted molar refractivity (Wildman–Crippen MR) is 102 cm³/mol. The molecule has 0 spiro atoms. The lowest BCUT2D eigenvalue weighted by molar-refractivity contribution is 0.108. The average Bonchev–Trinajstić information content (AvgIpc) is 2.88. The molecule has 1 aliphatic heterocycles. The molecule has 0 radical (unpaired) electrons. The molecule has 23 heavy (non-hydrogen) atoms. The van der Waals surface area contributed by atoms with E-state index in [0.717, 1.165) is 23.4 Å². The molecule has 128 valence electrons. The Morgan fingerprint density at radius 3 is 2.09 bits per heavy atom. The van der Waals surface area contributed by atoms with Gasteiger partial charge in [0.05, 0.1) is 0 Å². The number of thioether (sulfide) groups is 2. The summed E-state index contributed by atoms with van der Waals surface area (Å²) in [6.07, 6.45) is 0. The molecule has 0 amide bonds. The summed E-state index contributed by atoms with van der Waals surface area (Å²) in [6.45, 7) is 13.3. The van der Waals surface area contributed by atoms with Crippen molar-refractivity contribution in [1.29, 1.82) is 0 Å². The highest BCUT2D eigenvalue weighted by Crippen LogP contribution is 2.41. The number of aromatic hydroxyl groups is 1. The van der Waals surface area contributed by atoms with Gasteiger partial charge in [0.1, 0.15) is 10.5 Å². The van der Waals surface area contributed by atoms with Crippen molar-refractivity contribution >= 4 is 28.6 Å². The lowest BCUT2D eigenvalue weighted by Crippen LogP contribution is -2.20. The second kappa shape index (κ2) is 6.69. The van der Waals surface area contributed by atoms with Crippen molar-refractivity contribution in [3.63, 3.8) is 0 Å². The quantitative estimate of drug-likeness (QED) is 0.821. The van der Waals surface area contributed by atoms with Crippen molar-refractivity contribution in [3.8, 4) is 5.75 Å². The molecule has 3 nitrogen and oxygen atoms in total. The number of benzene rings is 1. The predicted octanol–water partition coefficient (Wildman–Crippen LogP) is 4.48. The minimum absolute atomic E-state index is 0.0629. The monoisotopic (exact) mass is 353 g/mol. The van der Waals surface area contributed by atoms with Crippen LogP contribution in [0, 0.1) is 0 Å². The second-order valence-electron chi connectivity index (χ2n) is 7.98. The van der Waals surface area contributed by atoms with Crippen LogP contribution >= 0.6 is 23.5 Å². The first-order chi connectivity index (χ1) is 10.5. The Morgan fingerprint density at radius 2 is 1.70 bits per heavy atom. The summed E-state index contributed by atoms with van der Waals surface area (Å²) in [6, 6.07) is 3.72. The average molecular weight is 354 g/mol. The van der Waals surface area contributed by atoms with Gasteiger partial charge in [0.15, 0.2) is 0 Å². The molecule has 2 N–H and O–H groups in total. The van der Waals surface area contributed by atoms with E-state index in [9.17, 15) is 9.90 Å². The first-order valence-corrected chi connectivity index (χ1v) is 9.87. The van der Waals surface area contributed by atoms with E-state index in [-0.39, 0.29) is 20.7 Å². The van der Waals surface area contributed by atoms with Crippen LogP contribution in [-0.2, 0) is 10.8 Å². The SMILES string of the molecule is CC(C)(C)c1cc(C(=O)SC2NCCS2)cc(C(C)(C)C)c1O. The van der Waals surface area contributed by atoms with Gasteiger partial charge in [0, 0.05) is 29.0 Å². The van der Waals surface area contributed by atoms with Gasteiger partial charge in [0.2, 0.25) is 5.12 Å². The van der Waals surface area contributed by atoms with Gasteiger partial charge in [-0.05, 0) is 23.0 Å². The van der Waals surface area contributed by atoms with Crippen LogP contribution < -0.4 is 5.32 Å². The van der Waals surface area contributed by atoms with Crippen molar-refractivity contribution in [1.82, 2.24) is 5.32 Å². The van der Waals surface area contributed by atoms with Crippen LogP contribution in [0.3, 0.4) is 0 Å². The van der Waals surface area contributed by atoms with E-state index >= 15 is 0 Å². The molecule has 2 rings (SSSR count). The lowest BCUT2D eigenvalue weighted by atomic mass is 9.78. The van der Waals surface area contributed by atoms with E-state index in [4.69, 9.17) is 0 Å². The van der Waals surface area contributed by atoms with E-state index in [1.54, 1.807) is 11.8 Å². The van der Waals surface area contributed by atoms with E-state index in [2.05, 4.69) is 46.9 Å². The number of nitrogens with one attached hydrogen (secondary N) is 1. The number of phenolic OH excluding ortho intramolecular Hbond substituents is 1. The topological polar surface area (TPSA) is 49.3 Å². The molecule has 1 saturated heterocycles. The van der Waals surface area contributed by atoms with Crippen molar-refractivity contribution in [2.24, 2.45) is 0 Å². The normalized spacial score (nSPS) is 19.1. The first-order valence-electron chi connectivity index (χ1n) is 7.94.